The van der Waals surface area contributed by atoms with E-state index in [4.69, 9.17) is 11.6 Å². The van der Waals surface area contributed by atoms with Crippen LogP contribution in [0.4, 0.5) is 0 Å². The van der Waals surface area contributed by atoms with Crippen molar-refractivity contribution in [2.24, 2.45) is 0 Å². The number of rotatable bonds is 2. The Hall–Kier alpha value is -1.49. The first-order chi connectivity index (χ1) is 7.18. The van der Waals surface area contributed by atoms with E-state index in [1.165, 1.54) is 0 Å². The predicted octanol–water partition coefficient (Wildman–Crippen LogP) is 1.83. The molecule has 78 valence electrons. The summed E-state index contributed by atoms with van der Waals surface area (Å²) in [6.45, 7) is 4.03. The molecule has 15 heavy (non-hydrogen) atoms. The molecule has 0 saturated carbocycles. The van der Waals surface area contributed by atoms with E-state index in [0.717, 1.165) is 5.82 Å². The fraction of sp³-hybridized carbons (Fsp3) is 0.333. The minimum Gasteiger partial charge on any atom is -0.220 e. The van der Waals surface area contributed by atoms with Gasteiger partial charge in [-0.05, 0) is 17.7 Å². The van der Waals surface area contributed by atoms with Crippen LogP contribution >= 0.6 is 11.6 Å². The lowest BCUT2D eigenvalue weighted by atomic mass is 10.2. The third-order valence-electron chi connectivity index (χ3n) is 1.86. The van der Waals surface area contributed by atoms with Crippen molar-refractivity contribution in [2.45, 2.75) is 19.8 Å². The topological polar surface area (TPSA) is 56.5 Å². The summed E-state index contributed by atoms with van der Waals surface area (Å²) >= 11 is 5.76. The summed E-state index contributed by atoms with van der Waals surface area (Å²) in [6.07, 6.45) is 3.31. The summed E-state index contributed by atoms with van der Waals surface area (Å²) in [7, 11) is 0. The van der Waals surface area contributed by atoms with Gasteiger partial charge < -0.3 is 0 Å². The molecule has 2 heterocycles. The Labute approximate surface area is 92.2 Å². The van der Waals surface area contributed by atoms with Crippen molar-refractivity contribution in [2.75, 3.05) is 0 Å². The average molecular weight is 224 g/mol. The summed E-state index contributed by atoms with van der Waals surface area (Å²) < 4.78 is 1.56. The van der Waals surface area contributed by atoms with Gasteiger partial charge in [0.25, 0.3) is 5.95 Å². The number of hydrogen-bond donors (Lipinski definition) is 0. The number of halogens is 1. The van der Waals surface area contributed by atoms with E-state index in [9.17, 15) is 0 Å². The fourth-order valence-corrected chi connectivity index (χ4v) is 1.38. The van der Waals surface area contributed by atoms with Crippen LogP contribution in [0.2, 0.25) is 5.28 Å². The zero-order chi connectivity index (χ0) is 10.8. The molecule has 0 aromatic carbocycles. The molecule has 6 heteroatoms. The van der Waals surface area contributed by atoms with Crippen LogP contribution in [0.25, 0.3) is 5.95 Å². The van der Waals surface area contributed by atoms with Gasteiger partial charge in [-0.25, -0.2) is 15.0 Å². The van der Waals surface area contributed by atoms with Gasteiger partial charge in [0.15, 0.2) is 0 Å². The quantitative estimate of drug-likeness (QED) is 0.780. The Kier molecular flexibility index (Phi) is 2.64. The molecule has 0 amide bonds. The molecule has 0 radical (unpaired) electrons. The van der Waals surface area contributed by atoms with Gasteiger partial charge in [-0.3, -0.25) is 0 Å². The first-order valence-electron chi connectivity index (χ1n) is 4.58. The lowest BCUT2D eigenvalue weighted by molar-refractivity contribution is 0.688. The summed E-state index contributed by atoms with van der Waals surface area (Å²) in [5.41, 5.74) is 0. The number of aromatic nitrogens is 5. The average Bonchev–Trinajstić information content (AvgIpc) is 2.62. The molecule has 0 aliphatic heterocycles. The number of nitrogens with zero attached hydrogens (tertiary/aromatic N) is 5. The van der Waals surface area contributed by atoms with Gasteiger partial charge in [0.2, 0.25) is 5.28 Å². The van der Waals surface area contributed by atoms with Gasteiger partial charge in [-0.1, -0.05) is 13.8 Å². The lowest BCUT2D eigenvalue weighted by Crippen LogP contribution is -2.08. The molecule has 2 aromatic rings. The molecule has 0 aliphatic rings. The highest BCUT2D eigenvalue weighted by atomic mass is 35.5. The van der Waals surface area contributed by atoms with E-state index < -0.39 is 0 Å². The lowest BCUT2D eigenvalue weighted by Gasteiger charge is -2.05. The molecule has 2 rings (SSSR count). The van der Waals surface area contributed by atoms with Gasteiger partial charge in [0.1, 0.15) is 5.82 Å². The normalized spacial score (nSPS) is 10.9. The van der Waals surface area contributed by atoms with Crippen molar-refractivity contribution in [3.63, 3.8) is 0 Å². The molecule has 0 bridgehead atoms. The van der Waals surface area contributed by atoms with E-state index in [0.29, 0.717) is 5.95 Å². The van der Waals surface area contributed by atoms with Crippen molar-refractivity contribution < 1.29 is 0 Å². The summed E-state index contributed by atoms with van der Waals surface area (Å²) in [5, 5.41) is 4.26. The molecule has 0 unspecified atom stereocenters. The van der Waals surface area contributed by atoms with Crippen molar-refractivity contribution in [3.05, 3.63) is 29.6 Å². The highest BCUT2D eigenvalue weighted by Gasteiger charge is 2.14. The monoisotopic (exact) mass is 223 g/mol. The van der Waals surface area contributed by atoms with Gasteiger partial charge >= 0.3 is 0 Å². The third-order valence-corrected chi connectivity index (χ3v) is 2.02. The molecule has 0 saturated heterocycles. The molecule has 5 nitrogen and oxygen atoms in total. The molecule has 0 fully saturated rings. The van der Waals surface area contributed by atoms with E-state index in [1.807, 2.05) is 13.8 Å². The molecule has 0 spiro atoms. The maximum absolute atomic E-state index is 5.76. The molecule has 0 atom stereocenters. The summed E-state index contributed by atoms with van der Waals surface area (Å²) in [4.78, 5) is 12.3. The first kappa shape index (κ1) is 10.0. The first-order valence-corrected chi connectivity index (χ1v) is 4.96. The van der Waals surface area contributed by atoms with Crippen molar-refractivity contribution in [3.8, 4) is 5.95 Å². The molecular weight excluding hydrogens is 214 g/mol. The second kappa shape index (κ2) is 3.94. The van der Waals surface area contributed by atoms with E-state index in [2.05, 4.69) is 20.1 Å². The largest absolute Gasteiger partial charge is 0.252 e. The third kappa shape index (κ3) is 1.97. The Morgan fingerprint density at radius 3 is 2.53 bits per heavy atom. The Bertz CT molecular complexity index is 451. The van der Waals surface area contributed by atoms with Crippen LogP contribution in [-0.4, -0.2) is 24.7 Å². The molecule has 0 aliphatic carbocycles. The fourth-order valence-electron chi connectivity index (χ4n) is 1.22. The molecule has 2 aromatic heterocycles. The van der Waals surface area contributed by atoms with E-state index >= 15 is 0 Å². The van der Waals surface area contributed by atoms with Crippen LogP contribution in [-0.2, 0) is 0 Å². The SMILES string of the molecule is CC(C)c1nc(Cl)nn1-c1ncccn1. The number of hydrogen-bond acceptors (Lipinski definition) is 4. The smallest absolute Gasteiger partial charge is 0.220 e. The van der Waals surface area contributed by atoms with E-state index in [1.54, 1.807) is 23.1 Å². The van der Waals surface area contributed by atoms with Crippen molar-refractivity contribution in [1.29, 1.82) is 0 Å². The maximum Gasteiger partial charge on any atom is 0.252 e. The van der Waals surface area contributed by atoms with Crippen LogP contribution < -0.4 is 0 Å². The van der Waals surface area contributed by atoms with Crippen LogP contribution in [0, 0.1) is 0 Å². The van der Waals surface area contributed by atoms with Crippen molar-refractivity contribution in [1.82, 2.24) is 24.7 Å². The van der Waals surface area contributed by atoms with Crippen LogP contribution in [0.1, 0.15) is 25.6 Å². The minimum absolute atomic E-state index is 0.214. The molecular formula is C9H10ClN5. The van der Waals surface area contributed by atoms with Gasteiger partial charge in [-0.15, -0.1) is 5.10 Å². The Morgan fingerprint density at radius 2 is 1.93 bits per heavy atom. The Balaban J connectivity index is 2.53. The van der Waals surface area contributed by atoms with E-state index in [-0.39, 0.29) is 11.2 Å². The zero-order valence-electron chi connectivity index (χ0n) is 8.42. The maximum atomic E-state index is 5.76. The van der Waals surface area contributed by atoms with Crippen LogP contribution in [0.15, 0.2) is 18.5 Å². The highest BCUT2D eigenvalue weighted by Crippen LogP contribution is 2.16. The molecule has 0 N–H and O–H groups in total. The minimum atomic E-state index is 0.214. The summed E-state index contributed by atoms with van der Waals surface area (Å²) in [6, 6.07) is 1.75. The Morgan fingerprint density at radius 1 is 1.27 bits per heavy atom. The zero-order valence-corrected chi connectivity index (χ0v) is 9.18. The van der Waals surface area contributed by atoms with Gasteiger partial charge in [-0.2, -0.15) is 4.68 Å². The highest BCUT2D eigenvalue weighted by molar-refractivity contribution is 6.28. The standard InChI is InChI=1S/C9H10ClN5/c1-6(2)7-13-8(10)14-15(7)9-11-4-3-5-12-9/h3-6H,1-2H3. The van der Waals surface area contributed by atoms with Crippen LogP contribution in [0.5, 0.6) is 0 Å². The second-order valence-corrected chi connectivity index (χ2v) is 3.69. The second-order valence-electron chi connectivity index (χ2n) is 3.35. The van der Waals surface area contributed by atoms with Crippen molar-refractivity contribution >= 4 is 11.6 Å². The predicted molar refractivity (Wildman–Crippen MR) is 56.0 cm³/mol. The van der Waals surface area contributed by atoms with Gasteiger partial charge in [0.05, 0.1) is 0 Å². The van der Waals surface area contributed by atoms with Crippen LogP contribution in [0.3, 0.4) is 0 Å². The summed E-state index contributed by atoms with van der Waals surface area (Å²) in [5.74, 6) is 1.46. The van der Waals surface area contributed by atoms with Gasteiger partial charge in [0, 0.05) is 18.3 Å².